The molecule has 0 aliphatic carbocycles. The summed E-state index contributed by atoms with van der Waals surface area (Å²) in [6.45, 7) is 3.04. The lowest BCUT2D eigenvalue weighted by Crippen LogP contribution is -2.52. The van der Waals surface area contributed by atoms with Gasteiger partial charge in [0.25, 0.3) is 0 Å². The van der Waals surface area contributed by atoms with Gasteiger partial charge in [0.1, 0.15) is 5.82 Å². The Hall–Kier alpha value is -1.70. The maximum Gasteiger partial charge on any atom is 0.321 e. The third kappa shape index (κ3) is 4.72. The fourth-order valence-electron chi connectivity index (χ4n) is 3.65. The molecule has 1 unspecified atom stereocenters. The monoisotopic (exact) mass is 366 g/mol. The third-order valence-electron chi connectivity index (χ3n) is 5.17. The van der Waals surface area contributed by atoms with Crippen molar-refractivity contribution in [2.45, 2.75) is 37.4 Å². The Morgan fingerprint density at radius 3 is 2.85 bits per heavy atom. The number of likely N-dealkylation sites (tertiary alicyclic amines) is 1. The number of nitrogens with zero attached hydrogens (tertiary/aromatic N) is 1. The molecule has 2 fully saturated rings. The number of urea groups is 1. The minimum Gasteiger partial charge on any atom is -0.382 e. The zero-order valence-corrected chi connectivity index (χ0v) is 15.2. The van der Waals surface area contributed by atoms with Gasteiger partial charge in [-0.25, -0.2) is 9.18 Å². The molecule has 1 spiro atoms. The topological polar surface area (TPSA) is 60.0 Å². The summed E-state index contributed by atoms with van der Waals surface area (Å²) in [4.78, 5) is 14.1. The molecule has 26 heavy (non-hydrogen) atoms. The Kier molecular flexibility index (Phi) is 6.45. The van der Waals surface area contributed by atoms with E-state index in [0.29, 0.717) is 32.9 Å². The molecule has 1 atom stereocenters. The van der Waals surface area contributed by atoms with Crippen LogP contribution < -0.4 is 5.32 Å². The van der Waals surface area contributed by atoms with Gasteiger partial charge < -0.3 is 24.4 Å². The van der Waals surface area contributed by atoms with Crippen molar-refractivity contribution in [1.82, 2.24) is 4.90 Å². The first-order valence-corrected chi connectivity index (χ1v) is 9.17. The molecule has 2 amide bonds. The van der Waals surface area contributed by atoms with Gasteiger partial charge in [0.05, 0.1) is 30.6 Å². The standard InChI is InChI=1S/C19H27FN2O4/c1-24-12-13-25-15-6-11-26-19(14-15)7-9-22(10-8-19)18(23)21-17-5-3-2-4-16(17)20/h2-5,15H,6-14H2,1H3,(H,21,23). The Labute approximate surface area is 153 Å². The van der Waals surface area contributed by atoms with Crippen LogP contribution >= 0.6 is 0 Å². The molecular weight excluding hydrogens is 339 g/mol. The molecule has 3 rings (SSSR count). The highest BCUT2D eigenvalue weighted by molar-refractivity contribution is 5.89. The Morgan fingerprint density at radius 1 is 1.35 bits per heavy atom. The van der Waals surface area contributed by atoms with E-state index in [9.17, 15) is 9.18 Å². The maximum absolute atomic E-state index is 13.7. The van der Waals surface area contributed by atoms with Gasteiger partial charge in [-0.1, -0.05) is 12.1 Å². The summed E-state index contributed by atoms with van der Waals surface area (Å²) in [5.74, 6) is -0.430. The van der Waals surface area contributed by atoms with Crippen LogP contribution in [0.25, 0.3) is 0 Å². The largest absolute Gasteiger partial charge is 0.382 e. The molecule has 1 aromatic rings. The number of halogens is 1. The lowest BCUT2D eigenvalue weighted by molar-refractivity contribution is -0.154. The first-order chi connectivity index (χ1) is 12.6. The molecule has 0 aromatic heterocycles. The van der Waals surface area contributed by atoms with Crippen LogP contribution in [0, 0.1) is 5.82 Å². The van der Waals surface area contributed by atoms with Crippen LogP contribution in [0.3, 0.4) is 0 Å². The zero-order chi connectivity index (χ0) is 18.4. The Morgan fingerprint density at radius 2 is 2.12 bits per heavy atom. The van der Waals surface area contributed by atoms with E-state index in [4.69, 9.17) is 14.2 Å². The summed E-state index contributed by atoms with van der Waals surface area (Å²) in [6, 6.07) is 5.92. The number of rotatable bonds is 5. The van der Waals surface area contributed by atoms with Crippen LogP contribution in [0.5, 0.6) is 0 Å². The first-order valence-electron chi connectivity index (χ1n) is 9.17. The molecule has 2 aliphatic heterocycles. The van der Waals surface area contributed by atoms with Crippen molar-refractivity contribution in [2.75, 3.05) is 45.3 Å². The Bertz CT molecular complexity index is 605. The number of methoxy groups -OCH3 is 1. The summed E-state index contributed by atoms with van der Waals surface area (Å²) in [7, 11) is 1.66. The molecule has 6 nitrogen and oxygen atoms in total. The second kappa shape index (κ2) is 8.79. The van der Waals surface area contributed by atoms with Crippen molar-refractivity contribution in [3.8, 4) is 0 Å². The molecule has 0 radical (unpaired) electrons. The fraction of sp³-hybridized carbons (Fsp3) is 0.632. The number of ether oxygens (including phenoxy) is 3. The van der Waals surface area contributed by atoms with Gasteiger partial charge in [0, 0.05) is 33.2 Å². The minimum absolute atomic E-state index is 0.178. The van der Waals surface area contributed by atoms with Crippen LogP contribution in [0.15, 0.2) is 24.3 Å². The van der Waals surface area contributed by atoms with Crippen molar-refractivity contribution < 1.29 is 23.4 Å². The molecule has 0 bridgehead atoms. The summed E-state index contributed by atoms with van der Waals surface area (Å²) in [5.41, 5.74) is -0.0107. The highest BCUT2D eigenvalue weighted by atomic mass is 19.1. The SMILES string of the molecule is COCCOC1CCOC2(CCN(C(=O)Nc3ccccc3F)CC2)C1. The second-order valence-electron chi connectivity index (χ2n) is 6.91. The number of hydrogen-bond donors (Lipinski definition) is 1. The maximum atomic E-state index is 13.7. The predicted molar refractivity (Wildman–Crippen MR) is 95.8 cm³/mol. The first kappa shape index (κ1) is 19.1. The van der Waals surface area contributed by atoms with Crippen molar-refractivity contribution in [3.63, 3.8) is 0 Å². The molecule has 2 heterocycles. The third-order valence-corrected chi connectivity index (χ3v) is 5.17. The number of para-hydroxylation sites is 1. The van der Waals surface area contributed by atoms with Crippen molar-refractivity contribution in [3.05, 3.63) is 30.1 Å². The van der Waals surface area contributed by atoms with Gasteiger partial charge >= 0.3 is 6.03 Å². The lowest BCUT2D eigenvalue weighted by atomic mass is 9.83. The smallest absolute Gasteiger partial charge is 0.321 e. The highest BCUT2D eigenvalue weighted by Gasteiger charge is 2.41. The molecule has 2 aliphatic rings. The van der Waals surface area contributed by atoms with Crippen molar-refractivity contribution in [1.29, 1.82) is 0 Å². The normalized spacial score (nSPS) is 22.4. The van der Waals surface area contributed by atoms with Gasteiger partial charge in [-0.05, 0) is 31.4 Å². The van der Waals surface area contributed by atoms with E-state index in [1.165, 1.54) is 6.07 Å². The van der Waals surface area contributed by atoms with E-state index in [2.05, 4.69) is 5.32 Å². The van der Waals surface area contributed by atoms with Gasteiger partial charge in [-0.2, -0.15) is 0 Å². The number of carbonyl (C=O) groups excluding carboxylic acids is 1. The number of nitrogens with one attached hydrogen (secondary N) is 1. The van der Waals surface area contributed by atoms with E-state index in [1.807, 2.05) is 0 Å². The number of hydrogen-bond acceptors (Lipinski definition) is 4. The Balaban J connectivity index is 1.50. The average Bonchev–Trinajstić information content (AvgIpc) is 2.65. The van der Waals surface area contributed by atoms with E-state index in [-0.39, 0.29) is 23.4 Å². The molecule has 2 saturated heterocycles. The number of carbonyl (C=O) groups is 1. The predicted octanol–water partition coefficient (Wildman–Crippen LogP) is 3.03. The molecule has 1 N–H and O–H groups in total. The average molecular weight is 366 g/mol. The lowest BCUT2D eigenvalue weighted by Gasteiger charge is -2.46. The van der Waals surface area contributed by atoms with Crippen LogP contribution in [-0.2, 0) is 14.2 Å². The minimum atomic E-state index is -0.430. The van der Waals surface area contributed by atoms with Crippen LogP contribution in [-0.4, -0.2) is 62.7 Å². The van der Waals surface area contributed by atoms with Gasteiger partial charge in [0.2, 0.25) is 0 Å². The van der Waals surface area contributed by atoms with Crippen LogP contribution in [0.1, 0.15) is 25.7 Å². The van der Waals surface area contributed by atoms with Gasteiger partial charge in [-0.15, -0.1) is 0 Å². The van der Waals surface area contributed by atoms with Crippen molar-refractivity contribution in [2.24, 2.45) is 0 Å². The summed E-state index contributed by atoms with van der Waals surface area (Å²) in [6.07, 6.45) is 3.45. The van der Waals surface area contributed by atoms with Crippen LogP contribution in [0.4, 0.5) is 14.9 Å². The van der Waals surface area contributed by atoms with E-state index in [1.54, 1.807) is 30.2 Å². The molecule has 7 heteroatoms. The van der Waals surface area contributed by atoms with E-state index < -0.39 is 5.82 Å². The number of anilines is 1. The number of amides is 2. The van der Waals surface area contributed by atoms with Gasteiger partial charge in [0.15, 0.2) is 0 Å². The molecule has 1 aromatic carbocycles. The summed E-state index contributed by atoms with van der Waals surface area (Å²) >= 11 is 0. The second-order valence-corrected chi connectivity index (χ2v) is 6.91. The highest BCUT2D eigenvalue weighted by Crippen LogP contribution is 2.36. The number of benzene rings is 1. The zero-order valence-electron chi connectivity index (χ0n) is 15.2. The van der Waals surface area contributed by atoms with Crippen molar-refractivity contribution >= 4 is 11.7 Å². The summed E-state index contributed by atoms with van der Waals surface area (Å²) in [5, 5.41) is 2.65. The van der Waals surface area contributed by atoms with Crippen LogP contribution in [0.2, 0.25) is 0 Å². The fourth-order valence-corrected chi connectivity index (χ4v) is 3.65. The van der Waals surface area contributed by atoms with Gasteiger partial charge in [-0.3, -0.25) is 0 Å². The summed E-state index contributed by atoms with van der Waals surface area (Å²) < 4.78 is 30.7. The molecule has 0 saturated carbocycles. The van der Waals surface area contributed by atoms with E-state index >= 15 is 0 Å². The van der Waals surface area contributed by atoms with E-state index in [0.717, 1.165) is 25.7 Å². The molecular formula is C19H27FN2O4. The molecule has 144 valence electrons. The number of piperidine rings is 1. The quantitative estimate of drug-likeness (QED) is 0.814.